The number of allylic oxidation sites excluding steroid dienone is 2. The topological polar surface area (TPSA) is 78.3 Å². The molecule has 1 aliphatic carbocycles. The predicted octanol–water partition coefficient (Wildman–Crippen LogP) is 5.91. The molecule has 2 aromatic heterocycles. The van der Waals surface area contributed by atoms with Crippen LogP contribution in [0.3, 0.4) is 0 Å². The zero-order chi connectivity index (χ0) is 29.5. The maximum Gasteiger partial charge on any atom is 0.260 e. The van der Waals surface area contributed by atoms with Gasteiger partial charge in [0.15, 0.2) is 0 Å². The minimum atomic E-state index is -0.0380. The van der Waals surface area contributed by atoms with Gasteiger partial charge in [-0.15, -0.1) is 0 Å². The quantitative estimate of drug-likeness (QED) is 0.296. The van der Waals surface area contributed by atoms with Crippen molar-refractivity contribution < 1.29 is 0 Å². The van der Waals surface area contributed by atoms with Crippen LogP contribution in [0.15, 0.2) is 71.2 Å². The highest BCUT2D eigenvalue weighted by Gasteiger charge is 2.28. The van der Waals surface area contributed by atoms with Gasteiger partial charge in [-0.25, -0.2) is 4.98 Å². The van der Waals surface area contributed by atoms with Crippen LogP contribution in [0, 0.1) is 0 Å². The second kappa shape index (κ2) is 11.5. The van der Waals surface area contributed by atoms with Crippen LogP contribution >= 0.6 is 0 Å². The molecule has 7 rings (SSSR count). The third-order valence-corrected chi connectivity index (χ3v) is 9.65. The van der Waals surface area contributed by atoms with Crippen LogP contribution in [0.2, 0.25) is 0 Å². The monoisotopic (exact) mass is 575 g/mol. The number of piperidine rings is 1. The van der Waals surface area contributed by atoms with Crippen LogP contribution in [0.1, 0.15) is 56.2 Å². The highest BCUT2D eigenvalue weighted by molar-refractivity contribution is 5.82. The van der Waals surface area contributed by atoms with Crippen molar-refractivity contribution in [2.75, 3.05) is 48.8 Å². The summed E-state index contributed by atoms with van der Waals surface area (Å²) in [6, 6.07) is 19.4. The van der Waals surface area contributed by atoms with E-state index in [4.69, 9.17) is 9.97 Å². The average molecular weight is 576 g/mol. The number of hydrogen-bond acceptors (Lipinski definition) is 7. The summed E-state index contributed by atoms with van der Waals surface area (Å²) in [6.07, 6.45) is 8.17. The van der Waals surface area contributed by atoms with Gasteiger partial charge in [-0.05, 0) is 99.5 Å². The summed E-state index contributed by atoms with van der Waals surface area (Å²) >= 11 is 0. The van der Waals surface area contributed by atoms with E-state index in [2.05, 4.69) is 90.0 Å². The van der Waals surface area contributed by atoms with Crippen molar-refractivity contribution >= 4 is 39.6 Å². The molecule has 0 spiro atoms. The van der Waals surface area contributed by atoms with E-state index < -0.39 is 0 Å². The minimum absolute atomic E-state index is 0.0380. The number of pyridine rings is 1. The van der Waals surface area contributed by atoms with Gasteiger partial charge in [0.25, 0.3) is 5.56 Å². The van der Waals surface area contributed by atoms with E-state index in [1.165, 1.54) is 40.9 Å². The lowest BCUT2D eigenvalue weighted by Crippen LogP contribution is -2.44. The lowest BCUT2D eigenvalue weighted by Gasteiger charge is -2.35. The summed E-state index contributed by atoms with van der Waals surface area (Å²) in [5.74, 6) is 0.492. The number of benzene rings is 2. The Bertz CT molecular complexity index is 1740. The number of nitrogens with one attached hydrogen (secondary N) is 2. The van der Waals surface area contributed by atoms with E-state index in [0.29, 0.717) is 17.6 Å². The summed E-state index contributed by atoms with van der Waals surface area (Å²) in [7, 11) is 4.28. The molecule has 2 unspecified atom stereocenters. The van der Waals surface area contributed by atoms with Crippen LogP contribution in [0.25, 0.3) is 16.6 Å². The molecule has 2 N–H and O–H groups in total. The first-order chi connectivity index (χ1) is 21.0. The van der Waals surface area contributed by atoms with Gasteiger partial charge in [-0.1, -0.05) is 23.8 Å². The number of hydrogen-bond donors (Lipinski definition) is 2. The fraction of sp³-hybridized carbons (Fsp3) is 0.400. The number of likely N-dealkylation sites (N-methyl/N-ethyl adjacent to an activating group) is 2. The van der Waals surface area contributed by atoms with E-state index in [1.54, 1.807) is 0 Å². The zero-order valence-electron chi connectivity index (χ0n) is 25.4. The number of aromatic nitrogens is 3. The second-order valence-corrected chi connectivity index (χ2v) is 12.5. The molecule has 0 bridgehead atoms. The lowest BCUT2D eigenvalue weighted by molar-refractivity contribution is 0.445. The molecule has 2 aromatic carbocycles. The Hall–Kier alpha value is -4.17. The van der Waals surface area contributed by atoms with E-state index in [0.717, 1.165) is 62.0 Å². The van der Waals surface area contributed by atoms with Crippen LogP contribution in [0.5, 0.6) is 0 Å². The summed E-state index contributed by atoms with van der Waals surface area (Å²) < 4.78 is 1.96. The van der Waals surface area contributed by atoms with Gasteiger partial charge in [0.1, 0.15) is 5.65 Å². The zero-order valence-corrected chi connectivity index (χ0v) is 25.4. The molecule has 4 aromatic rings. The van der Waals surface area contributed by atoms with E-state index in [-0.39, 0.29) is 11.6 Å². The Kier molecular flexibility index (Phi) is 7.39. The molecule has 2 atom stereocenters. The minimum Gasteiger partial charge on any atom is -0.372 e. The van der Waals surface area contributed by atoms with Crippen molar-refractivity contribution in [3.05, 3.63) is 87.8 Å². The SMILES string of the molecule is CC1=C(c2cc3cnc(Nc4ccc(N(C)C5CCCNC5)cc4)nc3n(C3Cc4ccccc4N(C)C3)c2=O)CCC1. The third kappa shape index (κ3) is 5.29. The van der Waals surface area contributed by atoms with E-state index >= 15 is 0 Å². The van der Waals surface area contributed by atoms with Gasteiger partial charge in [0.05, 0.1) is 6.04 Å². The molecular formula is C35H41N7O. The number of fused-ring (bicyclic) bond motifs is 2. The normalized spacial score (nSPS) is 20.4. The molecule has 0 saturated carbocycles. The fourth-order valence-corrected chi connectivity index (χ4v) is 7.24. The first-order valence-electron chi connectivity index (χ1n) is 15.7. The Morgan fingerprint density at radius 3 is 2.67 bits per heavy atom. The smallest absolute Gasteiger partial charge is 0.260 e. The van der Waals surface area contributed by atoms with Crippen molar-refractivity contribution in [3.63, 3.8) is 0 Å². The highest BCUT2D eigenvalue weighted by atomic mass is 16.1. The Labute approximate surface area is 253 Å². The van der Waals surface area contributed by atoms with Crippen LogP contribution in [-0.4, -0.2) is 54.3 Å². The predicted molar refractivity (Wildman–Crippen MR) is 177 cm³/mol. The first-order valence-corrected chi connectivity index (χ1v) is 15.7. The van der Waals surface area contributed by atoms with Crippen molar-refractivity contribution in [1.82, 2.24) is 19.9 Å². The second-order valence-electron chi connectivity index (χ2n) is 12.5. The van der Waals surface area contributed by atoms with Gasteiger partial charge in [-0.3, -0.25) is 9.36 Å². The molecule has 1 saturated heterocycles. The molecule has 4 heterocycles. The highest BCUT2D eigenvalue weighted by Crippen LogP contribution is 2.35. The Balaban J connectivity index is 1.25. The third-order valence-electron chi connectivity index (χ3n) is 9.65. The molecular weight excluding hydrogens is 534 g/mol. The molecule has 3 aliphatic rings. The summed E-state index contributed by atoms with van der Waals surface area (Å²) in [5.41, 5.74) is 8.65. The molecule has 43 heavy (non-hydrogen) atoms. The van der Waals surface area contributed by atoms with Crippen molar-refractivity contribution in [3.8, 4) is 0 Å². The largest absolute Gasteiger partial charge is 0.372 e. The van der Waals surface area contributed by atoms with E-state index in [9.17, 15) is 4.79 Å². The van der Waals surface area contributed by atoms with Gasteiger partial charge >= 0.3 is 0 Å². The van der Waals surface area contributed by atoms with Crippen LogP contribution < -0.4 is 26.0 Å². The van der Waals surface area contributed by atoms with Crippen molar-refractivity contribution in [2.24, 2.45) is 0 Å². The van der Waals surface area contributed by atoms with Crippen LogP contribution in [0.4, 0.5) is 23.0 Å². The molecule has 0 amide bonds. The van der Waals surface area contributed by atoms with Crippen molar-refractivity contribution in [1.29, 1.82) is 0 Å². The summed E-state index contributed by atoms with van der Waals surface area (Å²) in [5, 5.41) is 7.80. The first kappa shape index (κ1) is 27.7. The molecule has 1 fully saturated rings. The van der Waals surface area contributed by atoms with Crippen LogP contribution in [-0.2, 0) is 6.42 Å². The van der Waals surface area contributed by atoms with E-state index in [1.807, 2.05) is 16.8 Å². The number of para-hydroxylation sites is 1. The number of nitrogens with zero attached hydrogens (tertiary/aromatic N) is 5. The Morgan fingerprint density at radius 1 is 1.07 bits per heavy atom. The standard InChI is InChI=1S/C35H41N7O/c1-23-8-6-11-30(23)31-19-25-20-37-35(38-26-13-15-27(16-14-26)41(3)28-10-7-17-36-21-28)39-33(25)42(34(31)43)29-18-24-9-4-5-12-32(24)40(2)22-29/h4-5,9,12-16,19-20,28-29,36H,6-8,10-11,17-18,21-22H2,1-3H3,(H,37,38,39). The van der Waals surface area contributed by atoms with Crippen molar-refractivity contribution in [2.45, 2.75) is 57.5 Å². The Morgan fingerprint density at radius 2 is 1.91 bits per heavy atom. The average Bonchev–Trinajstić information content (AvgIpc) is 3.46. The molecule has 2 aliphatic heterocycles. The number of rotatable bonds is 6. The maximum absolute atomic E-state index is 14.4. The lowest BCUT2D eigenvalue weighted by atomic mass is 9.97. The maximum atomic E-state index is 14.4. The summed E-state index contributed by atoms with van der Waals surface area (Å²) in [4.78, 5) is 28.7. The fourth-order valence-electron chi connectivity index (χ4n) is 7.24. The molecule has 0 radical (unpaired) electrons. The molecule has 8 nitrogen and oxygen atoms in total. The van der Waals surface area contributed by atoms with Gasteiger partial charge < -0.3 is 20.4 Å². The number of anilines is 4. The molecule has 222 valence electrons. The van der Waals surface area contributed by atoms with Gasteiger partial charge in [-0.2, -0.15) is 4.98 Å². The summed E-state index contributed by atoms with van der Waals surface area (Å²) in [6.45, 7) is 5.03. The molecule has 8 heteroatoms. The van der Waals surface area contributed by atoms with Gasteiger partial charge in [0.2, 0.25) is 5.95 Å². The van der Waals surface area contributed by atoms with Gasteiger partial charge in [0, 0.05) is 67.4 Å².